The topological polar surface area (TPSA) is 113 Å². The highest BCUT2D eigenvalue weighted by Gasteiger charge is 2.17. The number of carbonyl (C=O) groups is 3. The zero-order valence-corrected chi connectivity index (χ0v) is 19.2. The Labute approximate surface area is 189 Å². The molecule has 2 rings (SSSR count). The van der Waals surface area contributed by atoms with Gasteiger partial charge in [0.25, 0.3) is 5.91 Å². The molecule has 0 bridgehead atoms. The minimum absolute atomic E-state index is 0.153. The molecule has 0 atom stereocenters. The highest BCUT2D eigenvalue weighted by Crippen LogP contribution is 2.24. The molecule has 0 saturated carbocycles. The van der Waals surface area contributed by atoms with Gasteiger partial charge in [0, 0.05) is 27.6 Å². The van der Waals surface area contributed by atoms with Crippen LogP contribution in [0.4, 0.5) is 4.79 Å². The first-order valence-corrected chi connectivity index (χ1v) is 10.3. The van der Waals surface area contributed by atoms with Gasteiger partial charge in [-0.25, -0.2) is 9.59 Å². The maximum Gasteiger partial charge on any atom is 0.349 e. The number of amides is 3. The first-order chi connectivity index (χ1) is 14.6. The van der Waals surface area contributed by atoms with Gasteiger partial charge in [0.2, 0.25) is 0 Å². The number of rotatable bonds is 6. The number of nitriles is 1. The Morgan fingerprint density at radius 2 is 1.87 bits per heavy atom. The molecule has 0 fully saturated rings. The van der Waals surface area contributed by atoms with Gasteiger partial charge >= 0.3 is 12.0 Å². The number of aryl methyl sites for hydroxylation is 1. The monoisotopic (exact) mass is 486 g/mol. The number of benzene rings is 1. The van der Waals surface area contributed by atoms with Crippen LogP contribution >= 0.6 is 15.9 Å². The molecule has 2 N–H and O–H groups in total. The maximum absolute atomic E-state index is 12.3. The summed E-state index contributed by atoms with van der Waals surface area (Å²) in [5.41, 5.74) is 3.12. The summed E-state index contributed by atoms with van der Waals surface area (Å²) in [6.45, 7) is 6.59. The summed E-state index contributed by atoms with van der Waals surface area (Å²) < 4.78 is 7.83. The van der Waals surface area contributed by atoms with Crippen LogP contribution in [0.1, 0.15) is 30.8 Å². The Morgan fingerprint density at radius 1 is 1.23 bits per heavy atom. The summed E-state index contributed by atoms with van der Waals surface area (Å²) in [7, 11) is 0. The van der Waals surface area contributed by atoms with Crippen LogP contribution in [0, 0.1) is 25.2 Å². The smallest absolute Gasteiger partial charge is 0.349 e. The summed E-state index contributed by atoms with van der Waals surface area (Å²) >= 11 is 3.41. The Balaban J connectivity index is 2.13. The van der Waals surface area contributed by atoms with Crippen LogP contribution in [0.15, 0.2) is 40.4 Å². The first kappa shape index (κ1) is 23.9. The number of ether oxygens (including phenoxy) is 1. The number of hydrogen-bond donors (Lipinski definition) is 2. The predicted molar refractivity (Wildman–Crippen MR) is 119 cm³/mol. The molecule has 0 aliphatic heterocycles. The molecule has 0 aliphatic rings. The number of carbonyl (C=O) groups excluding carboxylic acids is 3. The number of halogens is 1. The van der Waals surface area contributed by atoms with Gasteiger partial charge in [0.15, 0.2) is 6.61 Å². The van der Waals surface area contributed by atoms with Crippen LogP contribution in [-0.2, 0) is 14.3 Å². The van der Waals surface area contributed by atoms with Crippen molar-refractivity contribution in [2.24, 2.45) is 0 Å². The maximum atomic E-state index is 12.3. The fraction of sp³-hybridized carbons (Fsp3) is 0.273. The van der Waals surface area contributed by atoms with Crippen molar-refractivity contribution >= 4 is 39.9 Å². The van der Waals surface area contributed by atoms with Crippen molar-refractivity contribution in [2.75, 3.05) is 6.61 Å². The number of esters is 1. The number of imide groups is 1. The largest absolute Gasteiger partial charge is 0.451 e. The predicted octanol–water partition coefficient (Wildman–Crippen LogP) is 3.54. The van der Waals surface area contributed by atoms with Crippen LogP contribution in [0.5, 0.6) is 0 Å². The summed E-state index contributed by atoms with van der Waals surface area (Å²) in [5.74, 6) is -1.74. The fourth-order valence-electron chi connectivity index (χ4n) is 2.88. The Bertz CT molecular complexity index is 1060. The van der Waals surface area contributed by atoms with Crippen LogP contribution in [-0.4, -0.2) is 35.1 Å². The van der Waals surface area contributed by atoms with Crippen LogP contribution in [0.25, 0.3) is 11.8 Å². The molecule has 0 unspecified atom stereocenters. The lowest BCUT2D eigenvalue weighted by molar-refractivity contribution is -0.144. The van der Waals surface area contributed by atoms with Gasteiger partial charge in [-0.3, -0.25) is 10.1 Å². The number of nitrogens with zero attached hydrogens (tertiary/aromatic N) is 2. The molecule has 1 heterocycles. The number of urea groups is 1. The lowest BCUT2D eigenvalue weighted by Crippen LogP contribution is -2.44. The zero-order chi connectivity index (χ0) is 23.1. The third-order valence-electron chi connectivity index (χ3n) is 4.20. The van der Waals surface area contributed by atoms with Crippen molar-refractivity contribution in [1.82, 2.24) is 15.2 Å². The summed E-state index contributed by atoms with van der Waals surface area (Å²) in [6, 6.07) is 10.6. The van der Waals surface area contributed by atoms with E-state index in [0.29, 0.717) is 5.56 Å². The van der Waals surface area contributed by atoms with Crippen molar-refractivity contribution < 1.29 is 19.1 Å². The van der Waals surface area contributed by atoms with E-state index in [0.717, 1.165) is 21.5 Å². The van der Waals surface area contributed by atoms with E-state index in [1.165, 1.54) is 6.08 Å². The lowest BCUT2D eigenvalue weighted by Gasteiger charge is -2.10. The summed E-state index contributed by atoms with van der Waals surface area (Å²) in [5, 5.41) is 13.9. The van der Waals surface area contributed by atoms with E-state index in [1.807, 2.05) is 54.1 Å². The highest BCUT2D eigenvalue weighted by molar-refractivity contribution is 9.10. The van der Waals surface area contributed by atoms with Gasteiger partial charge < -0.3 is 14.6 Å². The van der Waals surface area contributed by atoms with Gasteiger partial charge in [-0.05, 0) is 69.7 Å². The van der Waals surface area contributed by atoms with Crippen molar-refractivity contribution in [3.8, 4) is 11.8 Å². The first-order valence-electron chi connectivity index (χ1n) is 9.46. The van der Waals surface area contributed by atoms with E-state index in [9.17, 15) is 19.6 Å². The zero-order valence-electron chi connectivity index (χ0n) is 17.7. The second-order valence-electron chi connectivity index (χ2n) is 7.06. The normalized spacial score (nSPS) is 11.1. The molecule has 8 nitrogen and oxygen atoms in total. The van der Waals surface area contributed by atoms with Gasteiger partial charge in [0.1, 0.15) is 11.6 Å². The molecule has 1 aromatic heterocycles. The molecule has 0 radical (unpaired) electrons. The average molecular weight is 487 g/mol. The molecular formula is C22H23BrN4O4. The van der Waals surface area contributed by atoms with Gasteiger partial charge in [0.05, 0.1) is 0 Å². The third kappa shape index (κ3) is 6.55. The molecule has 162 valence electrons. The second-order valence-corrected chi connectivity index (χ2v) is 7.98. The van der Waals surface area contributed by atoms with E-state index < -0.39 is 24.5 Å². The molecule has 0 aliphatic carbocycles. The molecule has 3 amide bonds. The minimum Gasteiger partial charge on any atom is -0.451 e. The molecule has 31 heavy (non-hydrogen) atoms. The average Bonchev–Trinajstić information content (AvgIpc) is 2.97. The molecular weight excluding hydrogens is 464 g/mol. The lowest BCUT2D eigenvalue weighted by atomic mass is 10.1. The van der Waals surface area contributed by atoms with E-state index in [4.69, 9.17) is 4.74 Å². The van der Waals surface area contributed by atoms with Crippen molar-refractivity contribution in [3.05, 3.63) is 57.3 Å². The van der Waals surface area contributed by atoms with Crippen molar-refractivity contribution in [2.45, 2.75) is 33.7 Å². The summed E-state index contributed by atoms with van der Waals surface area (Å²) in [6.07, 6.45) is 1.42. The highest BCUT2D eigenvalue weighted by atomic mass is 79.9. The van der Waals surface area contributed by atoms with Crippen LogP contribution < -0.4 is 10.6 Å². The fourth-order valence-corrected chi connectivity index (χ4v) is 3.15. The Hall–Kier alpha value is -3.38. The molecule has 0 spiro atoms. The van der Waals surface area contributed by atoms with Gasteiger partial charge in [-0.15, -0.1) is 0 Å². The molecule has 9 heteroatoms. The van der Waals surface area contributed by atoms with E-state index in [2.05, 4.69) is 21.2 Å². The van der Waals surface area contributed by atoms with Gasteiger partial charge in [-0.1, -0.05) is 15.9 Å². The second kappa shape index (κ2) is 10.6. The molecule has 2 aromatic rings. The van der Waals surface area contributed by atoms with E-state index >= 15 is 0 Å². The van der Waals surface area contributed by atoms with Crippen molar-refractivity contribution in [3.63, 3.8) is 0 Å². The minimum atomic E-state index is -0.949. The van der Waals surface area contributed by atoms with Gasteiger partial charge in [-0.2, -0.15) is 5.26 Å². The van der Waals surface area contributed by atoms with Crippen LogP contribution in [0.2, 0.25) is 0 Å². The number of nitrogens with one attached hydrogen (secondary N) is 2. The molecule has 0 saturated heterocycles. The van der Waals surface area contributed by atoms with E-state index in [-0.39, 0.29) is 11.6 Å². The standard InChI is InChI=1S/C22H23BrN4O4/c1-13(2)25-22(30)26-20(28)12-31-21(29)17(11-24)10-16-9-14(3)27(15(16)4)19-7-5-18(23)6-8-19/h5-10,13H,12H2,1-4H3,(H2,25,26,28,30)/b17-10+. The van der Waals surface area contributed by atoms with Crippen LogP contribution in [0.3, 0.4) is 0 Å². The third-order valence-corrected chi connectivity index (χ3v) is 4.73. The van der Waals surface area contributed by atoms with E-state index in [1.54, 1.807) is 19.9 Å². The Morgan fingerprint density at radius 3 is 2.45 bits per heavy atom. The quantitative estimate of drug-likeness (QED) is 0.368. The SMILES string of the molecule is Cc1cc(/C=C(\C#N)C(=O)OCC(=O)NC(=O)NC(C)C)c(C)n1-c1ccc(Br)cc1. The number of aromatic nitrogens is 1. The summed E-state index contributed by atoms with van der Waals surface area (Å²) in [4.78, 5) is 35.5. The Kier molecular flexibility index (Phi) is 8.16. The molecule has 1 aromatic carbocycles. The van der Waals surface area contributed by atoms with Crippen molar-refractivity contribution in [1.29, 1.82) is 5.26 Å². The number of hydrogen-bond acceptors (Lipinski definition) is 5.